The lowest BCUT2D eigenvalue weighted by molar-refractivity contribution is -0.144. The predicted octanol–water partition coefficient (Wildman–Crippen LogP) is -0.594. The van der Waals surface area contributed by atoms with Gasteiger partial charge in [-0.05, 0) is 6.92 Å². The van der Waals surface area contributed by atoms with Crippen LogP contribution in [0.1, 0.15) is 6.92 Å². The van der Waals surface area contributed by atoms with Crippen LogP contribution in [0.3, 0.4) is 0 Å². The van der Waals surface area contributed by atoms with Gasteiger partial charge in [-0.2, -0.15) is 0 Å². The fourth-order valence-corrected chi connectivity index (χ4v) is 1.84. The average molecular weight is 465 g/mol. The fraction of sp³-hybridized carbons (Fsp3) is 0.750. The van der Waals surface area contributed by atoms with E-state index in [4.69, 9.17) is 33.5 Å². The number of amides is 1. The molecule has 1 amide bonds. The van der Waals surface area contributed by atoms with Crippen molar-refractivity contribution in [2.45, 2.75) is 6.92 Å². The molecule has 2 N–H and O–H groups in total. The molecule has 0 fully saturated rings. The molecule has 0 aromatic rings. The van der Waals surface area contributed by atoms with E-state index in [0.717, 1.165) is 0 Å². The van der Waals surface area contributed by atoms with Crippen molar-refractivity contribution >= 4 is 17.8 Å². The summed E-state index contributed by atoms with van der Waals surface area (Å²) < 4.78 is 36.1. The molecule has 0 aliphatic carbocycles. The van der Waals surface area contributed by atoms with E-state index in [0.29, 0.717) is 78.2 Å². The van der Waals surface area contributed by atoms with Crippen LogP contribution in [0, 0.1) is 0 Å². The van der Waals surface area contributed by atoms with Crippen LogP contribution < -0.4 is 5.32 Å². The van der Waals surface area contributed by atoms with E-state index in [1.807, 2.05) is 0 Å². The lowest BCUT2D eigenvalue weighted by Gasteiger charge is -2.08. The fourth-order valence-electron chi connectivity index (χ4n) is 1.84. The van der Waals surface area contributed by atoms with Gasteiger partial charge in [-0.25, -0.2) is 9.59 Å². The molecule has 0 heterocycles. The van der Waals surface area contributed by atoms with E-state index in [1.165, 1.54) is 0 Å². The van der Waals surface area contributed by atoms with Crippen molar-refractivity contribution in [1.82, 2.24) is 5.32 Å². The van der Waals surface area contributed by atoms with Crippen molar-refractivity contribution in [2.75, 3.05) is 92.4 Å². The number of esters is 1. The summed E-state index contributed by atoms with van der Waals surface area (Å²) in [7, 11) is 0. The van der Waals surface area contributed by atoms with Crippen LogP contribution in [0.4, 0.5) is 0 Å². The summed E-state index contributed by atoms with van der Waals surface area (Å²) in [6.07, 6.45) is 0. The Morgan fingerprint density at radius 2 is 1.12 bits per heavy atom. The maximum absolute atomic E-state index is 11.3. The largest absolute Gasteiger partial charge is 0.480 e. The summed E-state index contributed by atoms with van der Waals surface area (Å²) in [5.41, 5.74) is 0.356. The number of carboxylic acid groups (broad SMARTS) is 1. The van der Waals surface area contributed by atoms with Gasteiger partial charge in [0.2, 0.25) is 5.91 Å². The molecule has 0 aliphatic heterocycles. The molecule has 12 heteroatoms. The van der Waals surface area contributed by atoms with Crippen LogP contribution in [0.25, 0.3) is 0 Å². The van der Waals surface area contributed by atoms with Crippen LogP contribution >= 0.6 is 0 Å². The molecule has 0 aromatic heterocycles. The van der Waals surface area contributed by atoms with Crippen LogP contribution in [0.2, 0.25) is 0 Å². The Kier molecular flexibility index (Phi) is 20.7. The number of carbonyl (C=O) groups excluding carboxylic acids is 2. The number of ether oxygens (including phenoxy) is 7. The topological polar surface area (TPSA) is 148 Å². The Hall–Kier alpha value is -2.09. The second kappa shape index (κ2) is 22.1. The molecule has 0 spiro atoms. The minimum atomic E-state index is -1.13. The molecule has 0 radical (unpaired) electrons. The van der Waals surface area contributed by atoms with E-state index >= 15 is 0 Å². The molecule has 186 valence electrons. The highest BCUT2D eigenvalue weighted by Gasteiger charge is 2.03. The van der Waals surface area contributed by atoms with Crippen molar-refractivity contribution in [3.05, 3.63) is 12.2 Å². The monoisotopic (exact) mass is 465 g/mol. The molecular weight excluding hydrogens is 430 g/mol. The minimum Gasteiger partial charge on any atom is -0.480 e. The zero-order valence-corrected chi connectivity index (χ0v) is 18.6. The molecule has 0 rings (SSSR count). The second-order valence-electron chi connectivity index (χ2n) is 6.21. The SMILES string of the molecule is C=C(C)C(=O)OCCOCCOCCOCCOCCOCCNC(=O)COCC(=O)O. The molecule has 0 bridgehead atoms. The van der Waals surface area contributed by atoms with Gasteiger partial charge < -0.3 is 43.6 Å². The third-order valence-electron chi connectivity index (χ3n) is 3.32. The first kappa shape index (κ1) is 29.9. The minimum absolute atomic E-state index is 0.183. The van der Waals surface area contributed by atoms with Gasteiger partial charge >= 0.3 is 11.9 Å². The van der Waals surface area contributed by atoms with Gasteiger partial charge in [-0.3, -0.25) is 4.79 Å². The number of carboxylic acids is 1. The van der Waals surface area contributed by atoms with Gasteiger partial charge in [-0.15, -0.1) is 0 Å². The Labute approximate surface area is 188 Å². The summed E-state index contributed by atoms with van der Waals surface area (Å²) in [6.45, 7) is 8.66. The highest BCUT2D eigenvalue weighted by Crippen LogP contribution is 1.91. The van der Waals surface area contributed by atoms with E-state index in [1.54, 1.807) is 6.92 Å². The van der Waals surface area contributed by atoms with E-state index in [-0.39, 0.29) is 13.2 Å². The Bertz CT molecular complexity index is 528. The van der Waals surface area contributed by atoms with Gasteiger partial charge in [-0.1, -0.05) is 6.58 Å². The van der Waals surface area contributed by atoms with E-state index in [9.17, 15) is 14.4 Å². The van der Waals surface area contributed by atoms with Crippen molar-refractivity contribution in [1.29, 1.82) is 0 Å². The van der Waals surface area contributed by atoms with Crippen LogP contribution in [0.5, 0.6) is 0 Å². The Morgan fingerprint density at radius 3 is 1.56 bits per heavy atom. The number of hydrogen-bond acceptors (Lipinski definition) is 10. The molecule has 0 aromatic carbocycles. The van der Waals surface area contributed by atoms with Crippen LogP contribution in [-0.4, -0.2) is 115 Å². The first-order valence-electron chi connectivity index (χ1n) is 10.2. The number of hydrogen-bond donors (Lipinski definition) is 2. The molecule has 0 aliphatic rings. The zero-order valence-electron chi connectivity index (χ0n) is 18.6. The van der Waals surface area contributed by atoms with Gasteiger partial charge in [0, 0.05) is 12.1 Å². The summed E-state index contributed by atoms with van der Waals surface area (Å²) >= 11 is 0. The van der Waals surface area contributed by atoms with Gasteiger partial charge in [0.1, 0.15) is 19.8 Å². The number of aliphatic carboxylic acids is 1. The summed E-state index contributed by atoms with van der Waals surface area (Å²) in [4.78, 5) is 32.6. The molecule has 32 heavy (non-hydrogen) atoms. The third kappa shape index (κ3) is 22.6. The highest BCUT2D eigenvalue weighted by molar-refractivity contribution is 5.86. The summed E-state index contributed by atoms with van der Waals surface area (Å²) in [5.74, 6) is -1.96. The lowest BCUT2D eigenvalue weighted by atomic mass is 10.4. The van der Waals surface area contributed by atoms with Gasteiger partial charge in [0.25, 0.3) is 0 Å². The number of rotatable bonds is 23. The molecule has 0 unspecified atom stereocenters. The van der Waals surface area contributed by atoms with Crippen molar-refractivity contribution in [3.63, 3.8) is 0 Å². The van der Waals surface area contributed by atoms with Crippen molar-refractivity contribution in [3.8, 4) is 0 Å². The van der Waals surface area contributed by atoms with Crippen molar-refractivity contribution in [2.24, 2.45) is 0 Å². The maximum atomic E-state index is 11.3. The Morgan fingerprint density at radius 1 is 0.688 bits per heavy atom. The second-order valence-corrected chi connectivity index (χ2v) is 6.21. The first-order chi connectivity index (χ1) is 15.4. The molecule has 0 saturated heterocycles. The smallest absolute Gasteiger partial charge is 0.333 e. The quantitative estimate of drug-likeness (QED) is 0.113. The van der Waals surface area contributed by atoms with Gasteiger partial charge in [0.15, 0.2) is 0 Å². The maximum Gasteiger partial charge on any atom is 0.333 e. The van der Waals surface area contributed by atoms with Crippen molar-refractivity contribution < 1.29 is 52.6 Å². The Balaban J connectivity index is 3.16. The van der Waals surface area contributed by atoms with Crippen LogP contribution in [0.15, 0.2) is 12.2 Å². The molecule has 12 nitrogen and oxygen atoms in total. The predicted molar refractivity (Wildman–Crippen MR) is 111 cm³/mol. The average Bonchev–Trinajstić information content (AvgIpc) is 2.74. The lowest BCUT2D eigenvalue weighted by Crippen LogP contribution is -2.31. The first-order valence-corrected chi connectivity index (χ1v) is 10.2. The van der Waals surface area contributed by atoms with E-state index in [2.05, 4.69) is 16.6 Å². The summed E-state index contributed by atoms with van der Waals surface area (Å²) in [6, 6.07) is 0. The third-order valence-corrected chi connectivity index (χ3v) is 3.32. The zero-order chi connectivity index (χ0) is 23.9. The standard InChI is InChI=1S/C20H35NO11/c1-17(2)20(25)32-14-13-30-12-11-29-10-9-28-8-7-27-6-5-26-4-3-21-18(22)15-31-16-19(23)24/h1,3-16H2,2H3,(H,21,22)(H,23,24). The summed E-state index contributed by atoms with van der Waals surface area (Å²) in [5, 5.41) is 10.9. The van der Waals surface area contributed by atoms with Crippen LogP contribution in [-0.2, 0) is 47.5 Å². The van der Waals surface area contributed by atoms with E-state index < -0.39 is 24.5 Å². The van der Waals surface area contributed by atoms with Gasteiger partial charge in [0.05, 0.1) is 66.1 Å². The number of carbonyl (C=O) groups is 3. The molecular formula is C20H35NO11. The molecule has 0 saturated carbocycles. The normalized spacial score (nSPS) is 10.7. The molecule has 0 atom stereocenters. The highest BCUT2D eigenvalue weighted by atomic mass is 16.6. The number of nitrogens with one attached hydrogen (secondary N) is 1.